The number of benzene rings is 3. The maximum atomic E-state index is 14.0. The van der Waals surface area contributed by atoms with Gasteiger partial charge in [0.1, 0.15) is 23.7 Å². The summed E-state index contributed by atoms with van der Waals surface area (Å²) in [5.41, 5.74) is 6.06. The third-order valence-corrected chi connectivity index (χ3v) is 14.0. The van der Waals surface area contributed by atoms with Gasteiger partial charge in [-0.2, -0.15) is 0 Å². The maximum absolute atomic E-state index is 14.0. The van der Waals surface area contributed by atoms with Gasteiger partial charge in [-0.05, 0) is 80.7 Å². The second-order valence-corrected chi connectivity index (χ2v) is 18.1. The van der Waals surface area contributed by atoms with Crippen LogP contribution in [0.2, 0.25) is 0 Å². The molecule has 0 radical (unpaired) electrons. The fourth-order valence-corrected chi connectivity index (χ4v) is 10.1. The van der Waals surface area contributed by atoms with Crippen molar-refractivity contribution in [2.24, 2.45) is 0 Å². The molecule has 4 N–H and O–H groups in total. The van der Waals surface area contributed by atoms with E-state index in [2.05, 4.69) is 64.8 Å². The third-order valence-electron chi connectivity index (χ3n) is 14.0. The number of amides is 4. The van der Waals surface area contributed by atoms with Crippen LogP contribution in [0.1, 0.15) is 124 Å². The lowest BCUT2D eigenvalue weighted by molar-refractivity contribution is -0.136. The van der Waals surface area contributed by atoms with E-state index in [0.717, 1.165) is 102 Å². The Labute approximate surface area is 372 Å². The highest BCUT2D eigenvalue weighted by molar-refractivity contribution is 5.88. The molecule has 0 spiro atoms. The average Bonchev–Trinajstić information content (AvgIpc) is 4.18. The zero-order chi connectivity index (χ0) is 44.4. The van der Waals surface area contributed by atoms with Gasteiger partial charge in [-0.25, -0.2) is 14.8 Å². The largest absolute Gasteiger partial charge is 0.453 e. The molecule has 9 rings (SSSR count). The number of carbonyl (C=O) groups excluding carboxylic acids is 4. The molecule has 1 aliphatic carbocycles. The van der Waals surface area contributed by atoms with Gasteiger partial charge in [0.05, 0.1) is 30.4 Å². The smallest absolute Gasteiger partial charge is 0.407 e. The highest BCUT2D eigenvalue weighted by Crippen LogP contribution is 2.48. The van der Waals surface area contributed by atoms with Gasteiger partial charge in [-0.15, -0.1) is 0 Å². The van der Waals surface area contributed by atoms with Gasteiger partial charge in [0.2, 0.25) is 12.3 Å². The number of aromatic nitrogens is 5. The second-order valence-electron chi connectivity index (χ2n) is 18.1. The molecule has 3 aromatic carbocycles. The topological polar surface area (TPSA) is 178 Å². The van der Waals surface area contributed by atoms with E-state index in [-0.39, 0.29) is 34.7 Å². The highest BCUT2D eigenvalue weighted by Gasteiger charge is 2.43. The van der Waals surface area contributed by atoms with E-state index in [0.29, 0.717) is 25.1 Å². The van der Waals surface area contributed by atoms with Crippen LogP contribution in [0.15, 0.2) is 103 Å². The number of likely N-dealkylation sites (tertiary alicyclic amines) is 2. The summed E-state index contributed by atoms with van der Waals surface area (Å²) in [6.45, 7) is 5.79. The van der Waals surface area contributed by atoms with Gasteiger partial charge >= 0.3 is 6.09 Å². The SMILES string of the molecule is COC(=O)N[C@@H](C(=O)N1CCC[C@H]1c1ncc(C2(C)CCC(C)(c3ccc4cc(-c5c[nH]c([C@@H]6CCCN6C(=O)[C@H](NC=O)c6ccccc6)n5)ccc4n3)CC2)[nH]1)c1ccccc1. The first-order valence-corrected chi connectivity index (χ1v) is 22.3. The Morgan fingerprint density at radius 2 is 1.41 bits per heavy atom. The van der Waals surface area contributed by atoms with Crippen molar-refractivity contribution in [3.63, 3.8) is 0 Å². The summed E-state index contributed by atoms with van der Waals surface area (Å²) in [4.78, 5) is 77.4. The van der Waals surface area contributed by atoms with Gasteiger partial charge in [-0.1, -0.05) is 86.6 Å². The van der Waals surface area contributed by atoms with Crippen LogP contribution in [0.5, 0.6) is 0 Å². The molecule has 6 aromatic rings. The fourth-order valence-electron chi connectivity index (χ4n) is 10.1. The van der Waals surface area contributed by atoms with Crippen molar-refractivity contribution in [3.8, 4) is 11.3 Å². The first-order chi connectivity index (χ1) is 31.1. The normalized spacial score (nSPS) is 23.1. The van der Waals surface area contributed by atoms with Crippen molar-refractivity contribution in [1.29, 1.82) is 0 Å². The Bertz CT molecular complexity index is 2640. The molecule has 0 bridgehead atoms. The molecule has 3 aliphatic rings. The Hall–Kier alpha value is -6.83. The van der Waals surface area contributed by atoms with E-state index < -0.39 is 18.2 Å². The summed E-state index contributed by atoms with van der Waals surface area (Å²) in [7, 11) is 1.30. The summed E-state index contributed by atoms with van der Waals surface area (Å²) in [6, 6.07) is 27.1. The Kier molecular flexibility index (Phi) is 11.8. The van der Waals surface area contributed by atoms with E-state index in [1.165, 1.54) is 7.11 Å². The number of rotatable bonds is 12. The van der Waals surface area contributed by atoms with E-state index >= 15 is 0 Å². The number of nitrogens with one attached hydrogen (secondary N) is 4. The summed E-state index contributed by atoms with van der Waals surface area (Å²) in [5.74, 6) is 1.17. The van der Waals surface area contributed by atoms with Crippen molar-refractivity contribution in [2.45, 2.75) is 100 Å². The van der Waals surface area contributed by atoms with Crippen LogP contribution in [-0.4, -0.2) is 79.2 Å². The standard InChI is InChI=1S/C50H55N9O5/c1-49(22-24-50(2,25-23-49)41-30-52-45(56-41)39-17-11-27-59(39)47(62)43(57-48(63)64-3)33-14-8-5-9-15-33)40-21-19-34-28-35(18-20-36(34)54-40)37-29-51-44(55-37)38-16-10-26-58(38)46(61)42(53-31-60)32-12-6-4-7-13-32/h4-9,12-15,18-21,28-31,38-39,42-43H,10-11,16-17,22-27H2,1-3H3,(H,51,55)(H,52,56)(H,53,60)(H,57,63)/t38-,39-,42+,43+,49?,50?/m0/s1. The molecule has 330 valence electrons. The molecule has 64 heavy (non-hydrogen) atoms. The Morgan fingerprint density at radius 3 is 2.06 bits per heavy atom. The number of imidazole rings is 2. The van der Waals surface area contributed by atoms with Crippen molar-refractivity contribution < 1.29 is 23.9 Å². The minimum absolute atomic E-state index is 0.106. The number of carbonyl (C=O) groups is 4. The minimum Gasteiger partial charge on any atom is -0.453 e. The minimum atomic E-state index is -0.867. The number of alkyl carbamates (subject to hydrolysis) is 1. The summed E-state index contributed by atoms with van der Waals surface area (Å²) in [5, 5.41) is 6.50. The molecule has 4 amide bonds. The third kappa shape index (κ3) is 8.24. The number of pyridine rings is 1. The van der Waals surface area contributed by atoms with Crippen molar-refractivity contribution in [1.82, 2.24) is 45.4 Å². The van der Waals surface area contributed by atoms with Crippen LogP contribution in [0, 0.1) is 0 Å². The van der Waals surface area contributed by atoms with Crippen LogP contribution in [0.4, 0.5) is 4.79 Å². The van der Waals surface area contributed by atoms with Crippen LogP contribution in [-0.2, 0) is 30.0 Å². The number of hydrogen-bond donors (Lipinski definition) is 4. The number of ether oxygens (including phenoxy) is 1. The average molecular weight is 862 g/mol. The predicted molar refractivity (Wildman–Crippen MR) is 242 cm³/mol. The van der Waals surface area contributed by atoms with E-state index in [1.54, 1.807) is 0 Å². The molecule has 4 atom stereocenters. The first-order valence-electron chi connectivity index (χ1n) is 22.3. The summed E-state index contributed by atoms with van der Waals surface area (Å²) < 4.78 is 4.87. The molecule has 14 nitrogen and oxygen atoms in total. The molecular weight excluding hydrogens is 807 g/mol. The van der Waals surface area contributed by atoms with Gasteiger partial charge in [0.15, 0.2) is 0 Å². The van der Waals surface area contributed by atoms with Crippen molar-refractivity contribution in [3.05, 3.63) is 138 Å². The lowest BCUT2D eigenvalue weighted by Crippen LogP contribution is -2.43. The summed E-state index contributed by atoms with van der Waals surface area (Å²) >= 11 is 0. The van der Waals surface area contributed by atoms with Gasteiger partial charge in [-0.3, -0.25) is 19.4 Å². The maximum Gasteiger partial charge on any atom is 0.407 e. The van der Waals surface area contributed by atoms with Crippen molar-refractivity contribution in [2.75, 3.05) is 20.2 Å². The molecule has 0 unspecified atom stereocenters. The monoisotopic (exact) mass is 861 g/mol. The molecule has 5 heterocycles. The van der Waals surface area contributed by atoms with Crippen LogP contribution < -0.4 is 10.6 Å². The van der Waals surface area contributed by atoms with E-state index in [9.17, 15) is 19.2 Å². The number of fused-ring (bicyclic) bond motifs is 1. The number of methoxy groups -OCH3 is 1. The molecular formula is C50H55N9O5. The first kappa shape index (κ1) is 42.5. The Morgan fingerprint density at radius 1 is 0.781 bits per heavy atom. The number of nitrogens with zero attached hydrogens (tertiary/aromatic N) is 5. The highest BCUT2D eigenvalue weighted by atomic mass is 16.5. The quantitative estimate of drug-likeness (QED) is 0.0893. The molecule has 2 aliphatic heterocycles. The fraction of sp³-hybridized carbons (Fsp3) is 0.380. The second kappa shape index (κ2) is 17.7. The lowest BCUT2D eigenvalue weighted by atomic mass is 9.63. The van der Waals surface area contributed by atoms with Gasteiger partial charge in [0, 0.05) is 58.7 Å². The van der Waals surface area contributed by atoms with Crippen LogP contribution >= 0.6 is 0 Å². The molecule has 1 saturated carbocycles. The van der Waals surface area contributed by atoms with Gasteiger partial charge in [0.25, 0.3) is 5.91 Å². The zero-order valence-corrected chi connectivity index (χ0v) is 36.6. The molecule has 3 aromatic heterocycles. The molecule has 14 heteroatoms. The number of hydrogen-bond acceptors (Lipinski definition) is 8. The van der Waals surface area contributed by atoms with Crippen LogP contribution in [0.3, 0.4) is 0 Å². The number of aromatic amines is 2. The van der Waals surface area contributed by atoms with E-state index in [4.69, 9.17) is 19.7 Å². The summed E-state index contributed by atoms with van der Waals surface area (Å²) in [6.07, 6.45) is 10.8. The molecule has 3 fully saturated rings. The lowest BCUT2D eigenvalue weighted by Gasteiger charge is -2.42. The van der Waals surface area contributed by atoms with Crippen molar-refractivity contribution >= 4 is 35.2 Å². The van der Waals surface area contributed by atoms with E-state index in [1.807, 2.05) is 82.9 Å². The molecule has 2 saturated heterocycles. The van der Waals surface area contributed by atoms with Gasteiger partial charge < -0.3 is 35.1 Å². The number of H-pyrrole nitrogens is 2. The Balaban J connectivity index is 0.859. The predicted octanol–water partition coefficient (Wildman–Crippen LogP) is 8.05. The van der Waals surface area contributed by atoms with Crippen LogP contribution in [0.25, 0.3) is 22.2 Å². The zero-order valence-electron chi connectivity index (χ0n) is 36.6.